The van der Waals surface area contributed by atoms with Crippen molar-refractivity contribution in [1.82, 2.24) is 4.90 Å². The molecule has 1 N–H and O–H groups in total. The van der Waals surface area contributed by atoms with E-state index >= 15 is 0 Å². The first-order valence-electron chi connectivity index (χ1n) is 5.79. The zero-order valence-electron chi connectivity index (χ0n) is 10.7. The molecule has 0 aromatic heterocycles. The van der Waals surface area contributed by atoms with Crippen molar-refractivity contribution in [3.8, 4) is 0 Å². The van der Waals surface area contributed by atoms with E-state index in [4.69, 9.17) is 0 Å². The summed E-state index contributed by atoms with van der Waals surface area (Å²) in [5.74, 6) is -0.0947. The van der Waals surface area contributed by atoms with Crippen molar-refractivity contribution in [3.63, 3.8) is 0 Å². The van der Waals surface area contributed by atoms with Gasteiger partial charge in [0.1, 0.15) is 5.54 Å². The molecule has 0 radical (unpaired) electrons. The lowest BCUT2D eigenvalue weighted by atomic mass is 9.94. The maximum Gasteiger partial charge on any atom is 0.323 e. The van der Waals surface area contributed by atoms with E-state index in [-0.39, 0.29) is 0 Å². The minimum Gasteiger partial charge on any atom is -0.480 e. The second-order valence-electron chi connectivity index (χ2n) is 4.93. The molecule has 0 heterocycles. The van der Waals surface area contributed by atoms with Crippen molar-refractivity contribution in [2.24, 2.45) is 5.92 Å². The van der Waals surface area contributed by atoms with E-state index in [0.717, 1.165) is 19.4 Å². The topological polar surface area (TPSA) is 40.5 Å². The van der Waals surface area contributed by atoms with E-state index in [2.05, 4.69) is 13.8 Å². The Morgan fingerprint density at radius 3 is 2.33 bits per heavy atom. The van der Waals surface area contributed by atoms with Crippen LogP contribution in [0.3, 0.4) is 0 Å². The molecule has 1 unspecified atom stereocenters. The molecule has 1 atom stereocenters. The lowest BCUT2D eigenvalue weighted by Crippen LogP contribution is -2.50. The first-order chi connectivity index (χ1) is 6.84. The molecule has 0 aromatic rings. The lowest BCUT2D eigenvalue weighted by molar-refractivity contribution is -0.150. The van der Waals surface area contributed by atoms with Gasteiger partial charge in [-0.15, -0.1) is 0 Å². The molecule has 0 amide bonds. The van der Waals surface area contributed by atoms with Crippen LogP contribution in [0.1, 0.15) is 47.0 Å². The van der Waals surface area contributed by atoms with E-state index in [1.165, 1.54) is 0 Å². The van der Waals surface area contributed by atoms with Crippen LogP contribution in [0.2, 0.25) is 0 Å². The van der Waals surface area contributed by atoms with Crippen molar-refractivity contribution >= 4 is 5.97 Å². The number of carboxylic acid groups (broad SMARTS) is 1. The number of rotatable bonds is 7. The molecule has 0 aliphatic heterocycles. The molecule has 0 fully saturated rings. The third kappa shape index (κ3) is 4.20. The number of hydrogen-bond acceptors (Lipinski definition) is 2. The van der Waals surface area contributed by atoms with Gasteiger partial charge in [0.25, 0.3) is 0 Å². The van der Waals surface area contributed by atoms with Gasteiger partial charge in [-0.05, 0) is 39.3 Å². The maximum absolute atomic E-state index is 11.3. The van der Waals surface area contributed by atoms with E-state index < -0.39 is 11.5 Å². The number of nitrogens with zero attached hydrogens (tertiary/aromatic N) is 1. The number of aliphatic carboxylic acids is 1. The summed E-state index contributed by atoms with van der Waals surface area (Å²) >= 11 is 0. The van der Waals surface area contributed by atoms with Crippen LogP contribution in [0.5, 0.6) is 0 Å². The van der Waals surface area contributed by atoms with Crippen LogP contribution >= 0.6 is 0 Å². The molecule has 0 rings (SSSR count). The Balaban J connectivity index is 4.41. The smallest absolute Gasteiger partial charge is 0.323 e. The molecule has 0 aromatic carbocycles. The molecule has 0 aliphatic rings. The standard InChI is InChI=1S/C12H25NO2/c1-6-8-12(4,11(14)15)13(5)9-7-10(2)3/h10H,6-9H2,1-5H3,(H,14,15). The van der Waals surface area contributed by atoms with Gasteiger partial charge in [-0.1, -0.05) is 27.2 Å². The van der Waals surface area contributed by atoms with Crippen LogP contribution < -0.4 is 0 Å². The Morgan fingerprint density at radius 1 is 1.47 bits per heavy atom. The highest BCUT2D eigenvalue weighted by Crippen LogP contribution is 2.21. The summed E-state index contributed by atoms with van der Waals surface area (Å²) in [6.07, 6.45) is 2.65. The Morgan fingerprint density at radius 2 is 2.00 bits per heavy atom. The Hall–Kier alpha value is -0.570. The average Bonchev–Trinajstić information content (AvgIpc) is 2.13. The van der Waals surface area contributed by atoms with Gasteiger partial charge >= 0.3 is 5.97 Å². The van der Waals surface area contributed by atoms with Crippen LogP contribution in [0.25, 0.3) is 0 Å². The first kappa shape index (κ1) is 14.4. The highest BCUT2D eigenvalue weighted by atomic mass is 16.4. The predicted molar refractivity (Wildman–Crippen MR) is 63.0 cm³/mol. The fourth-order valence-corrected chi connectivity index (χ4v) is 1.65. The summed E-state index contributed by atoms with van der Waals surface area (Å²) in [4.78, 5) is 13.2. The fraction of sp³-hybridized carbons (Fsp3) is 0.917. The van der Waals surface area contributed by atoms with Crippen molar-refractivity contribution < 1.29 is 9.90 Å². The van der Waals surface area contributed by atoms with Gasteiger partial charge in [0.2, 0.25) is 0 Å². The van der Waals surface area contributed by atoms with Gasteiger partial charge in [0.15, 0.2) is 0 Å². The number of hydrogen-bond donors (Lipinski definition) is 1. The van der Waals surface area contributed by atoms with E-state index in [1.54, 1.807) is 0 Å². The van der Waals surface area contributed by atoms with Crippen molar-refractivity contribution in [2.75, 3.05) is 13.6 Å². The van der Waals surface area contributed by atoms with Gasteiger partial charge in [-0.2, -0.15) is 0 Å². The monoisotopic (exact) mass is 215 g/mol. The van der Waals surface area contributed by atoms with E-state index in [9.17, 15) is 9.90 Å². The number of likely N-dealkylation sites (N-methyl/N-ethyl adjacent to an activating group) is 1. The normalized spacial score (nSPS) is 15.7. The number of carboxylic acids is 1. The van der Waals surface area contributed by atoms with Crippen LogP contribution in [-0.4, -0.2) is 35.1 Å². The Labute approximate surface area is 93.5 Å². The summed E-state index contributed by atoms with van der Waals surface area (Å²) in [5, 5.41) is 9.26. The Bertz CT molecular complexity index is 204. The molecule has 0 saturated heterocycles. The summed E-state index contributed by atoms with van der Waals surface area (Å²) < 4.78 is 0. The summed E-state index contributed by atoms with van der Waals surface area (Å²) in [6, 6.07) is 0. The second kappa shape index (κ2) is 6.11. The van der Waals surface area contributed by atoms with Crippen molar-refractivity contribution in [3.05, 3.63) is 0 Å². The molecule has 90 valence electrons. The number of carbonyl (C=O) groups is 1. The van der Waals surface area contributed by atoms with Crippen LogP contribution in [0.4, 0.5) is 0 Å². The molecular formula is C12H25NO2. The lowest BCUT2D eigenvalue weighted by Gasteiger charge is -2.35. The molecule has 3 heteroatoms. The fourth-order valence-electron chi connectivity index (χ4n) is 1.65. The third-order valence-corrected chi connectivity index (χ3v) is 3.08. The summed E-state index contributed by atoms with van der Waals surface area (Å²) in [6.45, 7) is 9.01. The molecule has 0 bridgehead atoms. The SMILES string of the molecule is CCCC(C)(C(=O)O)N(C)CCC(C)C. The Kier molecular flexibility index (Phi) is 5.88. The van der Waals surface area contributed by atoms with Gasteiger partial charge in [0, 0.05) is 0 Å². The summed E-state index contributed by atoms with van der Waals surface area (Å²) in [7, 11) is 1.91. The minimum atomic E-state index is -0.712. The highest BCUT2D eigenvalue weighted by Gasteiger charge is 2.36. The predicted octanol–water partition coefficient (Wildman–Crippen LogP) is 2.61. The minimum absolute atomic E-state index is 0.618. The van der Waals surface area contributed by atoms with Gasteiger partial charge in [0.05, 0.1) is 0 Å². The van der Waals surface area contributed by atoms with Crippen molar-refractivity contribution in [2.45, 2.75) is 52.5 Å². The average molecular weight is 215 g/mol. The van der Waals surface area contributed by atoms with Crippen molar-refractivity contribution in [1.29, 1.82) is 0 Å². The second-order valence-corrected chi connectivity index (χ2v) is 4.93. The zero-order valence-corrected chi connectivity index (χ0v) is 10.7. The van der Waals surface area contributed by atoms with E-state index in [1.807, 2.05) is 25.8 Å². The summed E-state index contributed by atoms with van der Waals surface area (Å²) in [5.41, 5.74) is -0.705. The van der Waals surface area contributed by atoms with E-state index in [0.29, 0.717) is 12.3 Å². The van der Waals surface area contributed by atoms with Gasteiger partial charge < -0.3 is 5.11 Å². The van der Waals surface area contributed by atoms with Crippen LogP contribution in [0, 0.1) is 5.92 Å². The third-order valence-electron chi connectivity index (χ3n) is 3.08. The zero-order chi connectivity index (χ0) is 12.1. The molecule has 0 saturated carbocycles. The van der Waals surface area contributed by atoms with Gasteiger partial charge in [-0.25, -0.2) is 0 Å². The quantitative estimate of drug-likeness (QED) is 0.709. The van der Waals surface area contributed by atoms with Crippen LogP contribution in [0.15, 0.2) is 0 Å². The first-order valence-corrected chi connectivity index (χ1v) is 5.79. The molecular weight excluding hydrogens is 190 g/mol. The highest BCUT2D eigenvalue weighted by molar-refractivity contribution is 5.78. The largest absolute Gasteiger partial charge is 0.480 e. The van der Waals surface area contributed by atoms with Gasteiger partial charge in [-0.3, -0.25) is 9.69 Å². The van der Waals surface area contributed by atoms with Crippen LogP contribution in [-0.2, 0) is 4.79 Å². The molecule has 3 nitrogen and oxygen atoms in total. The maximum atomic E-state index is 11.3. The molecule has 0 aliphatic carbocycles. The molecule has 0 spiro atoms. The molecule has 15 heavy (non-hydrogen) atoms.